The van der Waals surface area contributed by atoms with Gasteiger partial charge in [0.25, 0.3) is 0 Å². The van der Waals surface area contributed by atoms with Crippen LogP contribution in [0.5, 0.6) is 0 Å². The van der Waals surface area contributed by atoms with Crippen molar-refractivity contribution in [1.82, 2.24) is 0 Å². The summed E-state index contributed by atoms with van der Waals surface area (Å²) in [5.41, 5.74) is 0. The predicted molar refractivity (Wildman–Crippen MR) is 132 cm³/mol. The van der Waals surface area contributed by atoms with Crippen LogP contribution in [-0.4, -0.2) is 21.6 Å². The van der Waals surface area contributed by atoms with E-state index in [1.807, 2.05) is 60.7 Å². The van der Waals surface area contributed by atoms with Crippen LogP contribution in [-0.2, 0) is 24.1 Å². The Hall–Kier alpha value is -1.30. The van der Waals surface area contributed by atoms with Gasteiger partial charge in [0.05, 0.1) is 0 Å². The Kier molecular flexibility index (Phi) is 8.43. The molecule has 0 saturated heterocycles. The van der Waals surface area contributed by atoms with Gasteiger partial charge in [0, 0.05) is 0 Å². The molecule has 0 aliphatic rings. The van der Waals surface area contributed by atoms with Crippen LogP contribution in [0.1, 0.15) is 0 Å². The molecule has 0 aliphatic heterocycles. The third-order valence-electron chi connectivity index (χ3n) is 3.96. The molecule has 4 heteroatoms. The van der Waals surface area contributed by atoms with Crippen molar-refractivity contribution in [3.63, 3.8) is 0 Å². The van der Waals surface area contributed by atoms with Gasteiger partial charge in [-0.3, -0.25) is 0 Å². The first kappa shape index (κ1) is 21.4. The summed E-state index contributed by atoms with van der Waals surface area (Å²) in [7, 11) is 0. The molecule has 0 fully saturated rings. The van der Waals surface area contributed by atoms with Gasteiger partial charge in [-0.05, 0) is 10.6 Å². The molecule has 0 spiro atoms. The van der Waals surface area contributed by atoms with Gasteiger partial charge in [-0.25, -0.2) is 0 Å². The summed E-state index contributed by atoms with van der Waals surface area (Å²) >= 11 is 10.9. The Morgan fingerprint density at radius 2 is 0.786 bits per heavy atom. The van der Waals surface area contributed by atoms with Crippen LogP contribution < -0.4 is 17.6 Å². The molecule has 0 aliphatic carbocycles. The molecule has 0 atom stereocenters. The Labute approximate surface area is 188 Å². The van der Waals surface area contributed by atoms with E-state index in [0.717, 1.165) is 10.6 Å². The summed E-state index contributed by atoms with van der Waals surface area (Å²) in [6.45, 7) is 0. The van der Waals surface area contributed by atoms with E-state index in [1.54, 1.807) is 0 Å². The maximum absolute atomic E-state index is 5.60. The summed E-state index contributed by atoms with van der Waals surface area (Å²) in [5, 5.41) is 0.216. The molecular formula is C24H20PS2Sb-. The molecule has 0 N–H and O–H groups in total. The third kappa shape index (κ3) is 6.36. The van der Waals surface area contributed by atoms with Crippen molar-refractivity contribution in [2.45, 2.75) is 0 Å². The van der Waals surface area contributed by atoms with Gasteiger partial charge < -0.3 is 12.2 Å². The van der Waals surface area contributed by atoms with Crippen LogP contribution in [0.4, 0.5) is 0 Å². The topological polar surface area (TPSA) is 0 Å². The van der Waals surface area contributed by atoms with Gasteiger partial charge in [-0.15, -0.1) is 17.0 Å². The second-order valence-electron chi connectivity index (χ2n) is 6.01. The zero-order chi connectivity index (χ0) is 19.7. The molecule has 4 aromatic carbocycles. The van der Waals surface area contributed by atoms with Gasteiger partial charge >= 0.3 is 89.3 Å². The Morgan fingerprint density at radius 3 is 1.11 bits per heavy atom. The molecule has 0 heterocycles. The molecule has 0 nitrogen and oxygen atoms in total. The number of hydrogen-bond acceptors (Lipinski definition) is 2. The first-order chi connectivity index (χ1) is 13.7. The van der Waals surface area contributed by atoms with E-state index in [0.29, 0.717) is 0 Å². The van der Waals surface area contributed by atoms with Crippen LogP contribution in [0.3, 0.4) is 0 Å². The van der Waals surface area contributed by atoms with Crippen LogP contribution in [0.25, 0.3) is 0 Å². The summed E-state index contributed by atoms with van der Waals surface area (Å²) in [6, 6.07) is 41.6. The summed E-state index contributed by atoms with van der Waals surface area (Å²) < 4.78 is 3.04. The molecule has 0 bridgehead atoms. The van der Waals surface area contributed by atoms with E-state index in [4.69, 9.17) is 24.1 Å². The van der Waals surface area contributed by atoms with Crippen molar-refractivity contribution in [3.05, 3.63) is 121 Å². The van der Waals surface area contributed by atoms with Gasteiger partial charge in [-0.1, -0.05) is 60.7 Å². The fraction of sp³-hybridized carbons (Fsp3) is 0. The van der Waals surface area contributed by atoms with Crippen LogP contribution >= 0.6 is 5.24 Å². The van der Waals surface area contributed by atoms with Crippen molar-refractivity contribution in [1.29, 1.82) is 0 Å². The van der Waals surface area contributed by atoms with Crippen molar-refractivity contribution < 1.29 is 0 Å². The molecule has 0 aromatic heterocycles. The molecule has 28 heavy (non-hydrogen) atoms. The minimum atomic E-state index is -1.98. The SMILES string of the molecule is S=P([S-])(c1ccccc1)c1ccccc1.c1cc[c]([Sb][c]2ccccc2)cc1. The van der Waals surface area contributed by atoms with Gasteiger partial charge in [0.1, 0.15) is 0 Å². The van der Waals surface area contributed by atoms with Crippen molar-refractivity contribution in [2.24, 2.45) is 0 Å². The van der Waals surface area contributed by atoms with Crippen molar-refractivity contribution in [3.8, 4) is 0 Å². The molecular weight excluding hydrogens is 505 g/mol. The normalized spacial score (nSPS) is 10.6. The van der Waals surface area contributed by atoms with E-state index in [-0.39, 0.29) is 21.6 Å². The minimum absolute atomic E-state index is 0.335. The van der Waals surface area contributed by atoms with Gasteiger partial charge in [0.15, 0.2) is 0 Å². The second-order valence-corrected chi connectivity index (χ2v) is 15.7. The van der Waals surface area contributed by atoms with E-state index in [9.17, 15) is 0 Å². The summed E-state index contributed by atoms with van der Waals surface area (Å²) in [5.74, 6) is 0. The van der Waals surface area contributed by atoms with Crippen LogP contribution in [0.15, 0.2) is 121 Å². The number of rotatable bonds is 4. The molecule has 139 valence electrons. The van der Waals surface area contributed by atoms with E-state index in [1.165, 1.54) is 7.02 Å². The summed E-state index contributed by atoms with van der Waals surface area (Å²) in [4.78, 5) is 0. The van der Waals surface area contributed by atoms with Gasteiger partial charge in [0.2, 0.25) is 0 Å². The Bertz CT molecular complexity index is 926. The molecule has 1 radical (unpaired) electrons. The van der Waals surface area contributed by atoms with Crippen LogP contribution in [0, 0.1) is 0 Å². The third-order valence-corrected chi connectivity index (χ3v) is 11.6. The number of benzene rings is 4. The monoisotopic (exact) mass is 524 g/mol. The standard InChI is InChI=1S/C12H11PS2.2C6H5.Sb/c14-13(15,11-7-3-1-4-8-11)12-9-5-2-6-10-12;2*1-2-4-6-5-3-1;/h1-10H,(H,14,15);2*1-5H;/p-1. The first-order valence-electron chi connectivity index (χ1n) is 8.90. The predicted octanol–water partition coefficient (Wildman–Crippen LogP) is 3.92. The van der Waals surface area contributed by atoms with Crippen molar-refractivity contribution in [2.75, 3.05) is 0 Å². The quantitative estimate of drug-likeness (QED) is 0.225. The fourth-order valence-corrected chi connectivity index (χ4v) is 8.12. The molecule has 4 rings (SSSR count). The maximum atomic E-state index is 5.60. The van der Waals surface area contributed by atoms with E-state index >= 15 is 0 Å². The fourth-order valence-electron chi connectivity index (χ4n) is 2.55. The summed E-state index contributed by atoms with van der Waals surface area (Å²) in [6.07, 6.45) is 0. The molecule has 0 saturated carbocycles. The molecule has 0 amide bonds. The Morgan fingerprint density at radius 1 is 0.500 bits per heavy atom. The van der Waals surface area contributed by atoms with Crippen molar-refractivity contribution >= 4 is 68.5 Å². The molecule has 4 aromatic rings. The average Bonchev–Trinajstić information content (AvgIpc) is 2.77. The second kappa shape index (κ2) is 11.0. The zero-order valence-electron chi connectivity index (χ0n) is 15.3. The van der Waals surface area contributed by atoms with E-state index < -0.39 is 5.24 Å². The first-order valence-corrected chi connectivity index (χ1v) is 15.3. The van der Waals surface area contributed by atoms with Crippen LogP contribution in [0.2, 0.25) is 0 Å². The van der Waals surface area contributed by atoms with E-state index in [2.05, 4.69) is 60.7 Å². The number of hydrogen-bond donors (Lipinski definition) is 0. The zero-order valence-corrected chi connectivity index (χ0v) is 20.3. The Balaban J connectivity index is 0.000000162. The van der Waals surface area contributed by atoms with Gasteiger partial charge in [-0.2, -0.15) is 0 Å². The molecule has 0 unspecified atom stereocenters. The average molecular weight is 525 g/mol.